The van der Waals surface area contributed by atoms with Gasteiger partial charge in [0.1, 0.15) is 5.69 Å². The van der Waals surface area contributed by atoms with Crippen molar-refractivity contribution in [3.8, 4) is 11.3 Å². The third-order valence-electron chi connectivity index (χ3n) is 7.63. The van der Waals surface area contributed by atoms with Gasteiger partial charge in [-0.25, -0.2) is 9.97 Å². The second kappa shape index (κ2) is 10.7. The molecule has 2 aliphatic heterocycles. The minimum Gasteiger partial charge on any atom is -0.392 e. The van der Waals surface area contributed by atoms with Crippen LogP contribution >= 0.6 is 0 Å². The molecule has 4 aromatic rings. The summed E-state index contributed by atoms with van der Waals surface area (Å²) in [5.74, 6) is 0.132. The number of carbonyl (C=O) groups excluding carboxylic acids is 2. The van der Waals surface area contributed by atoms with E-state index in [-0.39, 0.29) is 29.1 Å². The zero-order valence-electron chi connectivity index (χ0n) is 22.5. The van der Waals surface area contributed by atoms with Gasteiger partial charge in [-0.1, -0.05) is 0 Å². The van der Waals surface area contributed by atoms with Crippen molar-refractivity contribution in [2.75, 3.05) is 38.0 Å². The van der Waals surface area contributed by atoms with Gasteiger partial charge in [-0.3, -0.25) is 19.1 Å². The highest BCUT2D eigenvalue weighted by molar-refractivity contribution is 5.96. The fourth-order valence-electron chi connectivity index (χ4n) is 5.45. The van der Waals surface area contributed by atoms with Crippen molar-refractivity contribution in [3.63, 3.8) is 0 Å². The van der Waals surface area contributed by atoms with E-state index in [1.807, 2.05) is 12.0 Å². The number of benzene rings is 1. The van der Waals surface area contributed by atoms with Gasteiger partial charge in [0.05, 0.1) is 35.8 Å². The molecule has 42 heavy (non-hydrogen) atoms. The van der Waals surface area contributed by atoms with Crippen molar-refractivity contribution in [1.82, 2.24) is 39.7 Å². The molecule has 2 saturated heterocycles. The fourth-order valence-corrected chi connectivity index (χ4v) is 5.45. The van der Waals surface area contributed by atoms with Crippen molar-refractivity contribution in [2.24, 2.45) is 0 Å². The predicted molar refractivity (Wildman–Crippen MR) is 145 cm³/mol. The molecule has 2 amide bonds. The number of hydrogen-bond donors (Lipinski definition) is 4. The lowest BCUT2D eigenvalue weighted by atomic mass is 10.1. The minimum atomic E-state index is -4.61. The average Bonchev–Trinajstić information content (AvgIpc) is 3.72. The highest BCUT2D eigenvalue weighted by Crippen LogP contribution is 2.36. The van der Waals surface area contributed by atoms with E-state index in [4.69, 9.17) is 0 Å². The average molecular weight is 584 g/mol. The topological polar surface area (TPSA) is 144 Å². The number of aromatic amines is 1. The summed E-state index contributed by atoms with van der Waals surface area (Å²) in [7, 11) is 0. The van der Waals surface area contributed by atoms with Crippen LogP contribution in [0, 0.1) is 6.92 Å². The van der Waals surface area contributed by atoms with Gasteiger partial charge in [0, 0.05) is 56.4 Å². The molecule has 12 nitrogen and oxygen atoms in total. The quantitative estimate of drug-likeness (QED) is 0.280. The molecule has 0 bridgehead atoms. The highest BCUT2D eigenvalue weighted by Gasteiger charge is 2.37. The Balaban J connectivity index is 1.15. The highest BCUT2D eigenvalue weighted by atomic mass is 19.4. The Morgan fingerprint density at radius 3 is 2.55 bits per heavy atom. The first kappa shape index (κ1) is 27.7. The molecule has 0 saturated carbocycles. The smallest absolute Gasteiger partial charge is 0.392 e. The molecule has 15 heteroatoms. The molecule has 5 heterocycles. The van der Waals surface area contributed by atoms with E-state index >= 15 is 0 Å². The maximum absolute atomic E-state index is 13.4. The Bertz CT molecular complexity index is 1640. The van der Waals surface area contributed by atoms with Crippen molar-refractivity contribution >= 4 is 29.0 Å². The zero-order chi connectivity index (χ0) is 29.6. The Morgan fingerprint density at radius 2 is 1.86 bits per heavy atom. The third-order valence-corrected chi connectivity index (χ3v) is 7.63. The van der Waals surface area contributed by atoms with Gasteiger partial charge in [-0.2, -0.15) is 18.3 Å². The number of aliphatic hydroxyl groups is 1. The summed E-state index contributed by atoms with van der Waals surface area (Å²) in [6.45, 7) is 3.86. The van der Waals surface area contributed by atoms with Gasteiger partial charge in [-0.15, -0.1) is 0 Å². The number of piperazine rings is 1. The summed E-state index contributed by atoms with van der Waals surface area (Å²) in [5.41, 5.74) is 1.28. The maximum atomic E-state index is 13.4. The minimum absolute atomic E-state index is 0.0518. The number of aryl methyl sites for hydroxylation is 1. The van der Waals surface area contributed by atoms with Crippen LogP contribution < -0.4 is 10.6 Å². The molecule has 0 aliphatic carbocycles. The molecule has 1 aromatic carbocycles. The molecule has 4 N–H and O–H groups in total. The third kappa shape index (κ3) is 5.16. The number of anilines is 2. The van der Waals surface area contributed by atoms with Gasteiger partial charge in [0.15, 0.2) is 11.5 Å². The van der Waals surface area contributed by atoms with Gasteiger partial charge >= 0.3 is 6.18 Å². The number of nitrogens with one attached hydrogen (secondary N) is 3. The number of alkyl halides is 3. The van der Waals surface area contributed by atoms with Gasteiger partial charge in [0.2, 0.25) is 5.91 Å². The number of fused-ring (bicyclic) bond motifs is 1. The lowest BCUT2D eigenvalue weighted by Gasteiger charge is -2.36. The second-order valence-electron chi connectivity index (χ2n) is 10.4. The maximum Gasteiger partial charge on any atom is 0.433 e. The number of aliphatic hydroxyl groups excluding tert-OH is 1. The van der Waals surface area contributed by atoms with E-state index in [2.05, 4.69) is 25.7 Å². The Hall–Kier alpha value is -4.50. The molecule has 3 aromatic heterocycles. The first-order valence-corrected chi connectivity index (χ1v) is 13.4. The van der Waals surface area contributed by atoms with Gasteiger partial charge < -0.3 is 25.5 Å². The second-order valence-corrected chi connectivity index (χ2v) is 10.4. The van der Waals surface area contributed by atoms with Crippen LogP contribution in [0.25, 0.3) is 16.9 Å². The lowest BCUT2D eigenvalue weighted by molar-refractivity contribution is -0.140. The van der Waals surface area contributed by atoms with Crippen LogP contribution in [0.5, 0.6) is 0 Å². The summed E-state index contributed by atoms with van der Waals surface area (Å²) < 4.78 is 41.8. The van der Waals surface area contributed by atoms with E-state index in [1.165, 1.54) is 23.0 Å². The van der Waals surface area contributed by atoms with Crippen LogP contribution in [0.2, 0.25) is 0 Å². The Morgan fingerprint density at radius 1 is 1.10 bits per heavy atom. The van der Waals surface area contributed by atoms with E-state index in [0.717, 1.165) is 11.8 Å². The predicted octanol–water partition coefficient (Wildman–Crippen LogP) is 2.20. The largest absolute Gasteiger partial charge is 0.433 e. The summed E-state index contributed by atoms with van der Waals surface area (Å²) >= 11 is 0. The van der Waals surface area contributed by atoms with Crippen LogP contribution in [-0.4, -0.2) is 96.2 Å². The molecule has 0 spiro atoms. The van der Waals surface area contributed by atoms with Crippen LogP contribution in [0.15, 0.2) is 43.0 Å². The molecular formula is C27H28F3N9O3. The summed E-state index contributed by atoms with van der Waals surface area (Å²) in [6, 6.07) is 4.84. The molecule has 6 rings (SSSR count). The number of nitrogens with zero attached hydrogens (tertiary/aromatic N) is 6. The summed E-state index contributed by atoms with van der Waals surface area (Å²) in [6.07, 6.45) is 0.676. The number of hydrogen-bond acceptors (Lipinski definition) is 8. The SMILES string of the molecule is Cc1cc(Nc2nccn3c(-c4cn[nH]c4C(F)(F)F)cnc23)ccc1C(=O)N1CCN(C(=O)[C@@H]2C[C@@H](O)CN2)CC1. The molecule has 220 valence electrons. The van der Waals surface area contributed by atoms with Crippen molar-refractivity contribution < 1.29 is 27.9 Å². The Kier molecular flexibility index (Phi) is 7.06. The number of halogens is 3. The van der Waals surface area contributed by atoms with Crippen molar-refractivity contribution in [3.05, 3.63) is 59.8 Å². The lowest BCUT2D eigenvalue weighted by Crippen LogP contribution is -2.54. The standard InChI is InChI=1S/C27H28F3N9O3/c1-15-10-16(2-3-18(15)25(41)37-6-8-38(9-7-37)26(42)20-11-17(40)12-32-20)35-23-24-33-14-21(39(24)5-4-31-23)19-13-34-36-22(19)27(28,29)30/h2-5,10,13-14,17,20,32,40H,6-9,11-12H2,1H3,(H,31,35)(H,34,36)/t17-,20+/m1/s1. The number of amides is 2. The molecule has 0 unspecified atom stereocenters. The number of carbonyl (C=O) groups is 2. The van der Waals surface area contributed by atoms with Crippen LogP contribution in [-0.2, 0) is 11.0 Å². The van der Waals surface area contributed by atoms with Crippen molar-refractivity contribution in [2.45, 2.75) is 31.7 Å². The number of H-pyrrole nitrogens is 1. The molecule has 2 atom stereocenters. The van der Waals surface area contributed by atoms with Gasteiger partial charge in [0.25, 0.3) is 5.91 Å². The monoisotopic (exact) mass is 583 g/mol. The van der Waals surface area contributed by atoms with E-state index in [1.54, 1.807) is 28.0 Å². The fraction of sp³-hybridized carbons (Fsp3) is 0.370. The van der Waals surface area contributed by atoms with E-state index in [0.29, 0.717) is 61.9 Å². The van der Waals surface area contributed by atoms with Crippen LogP contribution in [0.4, 0.5) is 24.7 Å². The summed E-state index contributed by atoms with van der Waals surface area (Å²) in [5, 5.41) is 21.5. The molecule has 0 radical (unpaired) electrons. The molecule has 2 aliphatic rings. The van der Waals surface area contributed by atoms with Crippen LogP contribution in [0.1, 0.15) is 28.0 Å². The van der Waals surface area contributed by atoms with E-state index < -0.39 is 18.0 Å². The normalized spacial score (nSPS) is 19.5. The Labute approximate surface area is 237 Å². The summed E-state index contributed by atoms with van der Waals surface area (Å²) in [4.78, 5) is 38.1. The van der Waals surface area contributed by atoms with Gasteiger partial charge in [-0.05, 0) is 37.1 Å². The van der Waals surface area contributed by atoms with Crippen LogP contribution in [0.3, 0.4) is 0 Å². The molecular weight excluding hydrogens is 555 g/mol. The number of aromatic nitrogens is 5. The van der Waals surface area contributed by atoms with E-state index in [9.17, 15) is 27.9 Å². The number of β-amino-alcohol motifs (C(OH)–C–C–N with tert-alkyl or cyclic N) is 1. The molecule has 2 fully saturated rings. The zero-order valence-corrected chi connectivity index (χ0v) is 22.5. The number of imidazole rings is 1. The number of rotatable bonds is 5. The first-order chi connectivity index (χ1) is 20.1. The van der Waals surface area contributed by atoms with Crippen molar-refractivity contribution in [1.29, 1.82) is 0 Å². The first-order valence-electron chi connectivity index (χ1n) is 13.4.